The summed E-state index contributed by atoms with van der Waals surface area (Å²) < 4.78 is 1.70. The topological polar surface area (TPSA) is 61.7 Å². The second-order valence-electron chi connectivity index (χ2n) is 9.21. The van der Waals surface area contributed by atoms with E-state index in [1.165, 1.54) is 0 Å². The predicted octanol–water partition coefficient (Wildman–Crippen LogP) is 3.37. The van der Waals surface area contributed by atoms with Crippen molar-refractivity contribution in [1.29, 1.82) is 0 Å². The lowest BCUT2D eigenvalue weighted by Gasteiger charge is -2.41. The number of benzene rings is 1. The van der Waals surface area contributed by atoms with Crippen LogP contribution in [0, 0.1) is 6.92 Å². The van der Waals surface area contributed by atoms with Gasteiger partial charge in [0.25, 0.3) is 5.91 Å². The number of piperidine rings is 1. The molecule has 0 spiro atoms. The summed E-state index contributed by atoms with van der Waals surface area (Å²) in [5, 5.41) is 4.39. The number of amides is 2. The van der Waals surface area contributed by atoms with Gasteiger partial charge in [0.05, 0.1) is 11.3 Å². The number of carbonyl (C=O) groups excluding carboxylic acids is 2. The fraction of sp³-hybridized carbons (Fsp3) is 0.560. The van der Waals surface area contributed by atoms with Crippen LogP contribution in [0.15, 0.2) is 30.5 Å². The largest absolute Gasteiger partial charge is 0.333 e. The highest BCUT2D eigenvalue weighted by atomic mass is 16.2. The minimum Gasteiger partial charge on any atom is -0.333 e. The maximum Gasteiger partial charge on any atom is 0.257 e. The highest BCUT2D eigenvalue weighted by Gasteiger charge is 2.33. The van der Waals surface area contributed by atoms with Crippen molar-refractivity contribution in [1.82, 2.24) is 19.6 Å². The first-order valence-corrected chi connectivity index (χ1v) is 11.8. The number of para-hydroxylation sites is 1. The predicted molar refractivity (Wildman–Crippen MR) is 126 cm³/mol. The maximum absolute atomic E-state index is 13.7. The molecule has 2 atom stereocenters. The number of anilines is 1. The Kier molecular flexibility index (Phi) is 6.65. The molecule has 0 N–H and O–H groups in total. The van der Waals surface area contributed by atoms with Gasteiger partial charge in [-0.1, -0.05) is 31.5 Å². The van der Waals surface area contributed by atoms with Gasteiger partial charge < -0.3 is 9.80 Å². The molecule has 1 aromatic heterocycles. The third-order valence-electron chi connectivity index (χ3n) is 7.12. The van der Waals surface area contributed by atoms with Gasteiger partial charge in [-0.25, -0.2) is 0 Å². The molecule has 32 heavy (non-hydrogen) atoms. The van der Waals surface area contributed by atoms with Crippen molar-refractivity contribution in [2.24, 2.45) is 7.05 Å². The van der Waals surface area contributed by atoms with Crippen LogP contribution in [0.5, 0.6) is 0 Å². The second kappa shape index (κ2) is 9.45. The van der Waals surface area contributed by atoms with Crippen LogP contribution in [0.3, 0.4) is 0 Å². The summed E-state index contributed by atoms with van der Waals surface area (Å²) in [6.45, 7) is 5.67. The number of hydrogen-bond acceptors (Lipinski definition) is 4. The van der Waals surface area contributed by atoms with E-state index in [0.717, 1.165) is 42.6 Å². The van der Waals surface area contributed by atoms with Crippen LogP contribution < -0.4 is 4.90 Å². The van der Waals surface area contributed by atoms with E-state index in [9.17, 15) is 9.59 Å². The lowest BCUT2D eigenvalue weighted by molar-refractivity contribution is -0.118. The summed E-state index contributed by atoms with van der Waals surface area (Å²) in [7, 11) is 4.03. The minimum atomic E-state index is 0.00791. The summed E-state index contributed by atoms with van der Waals surface area (Å²) in [5.74, 6) is 0.140. The van der Waals surface area contributed by atoms with Gasteiger partial charge in [-0.15, -0.1) is 0 Å². The fourth-order valence-electron chi connectivity index (χ4n) is 5.28. The molecule has 1 saturated heterocycles. The van der Waals surface area contributed by atoms with Crippen molar-refractivity contribution >= 4 is 17.5 Å². The van der Waals surface area contributed by atoms with Crippen molar-refractivity contribution in [3.8, 4) is 0 Å². The fourth-order valence-corrected chi connectivity index (χ4v) is 5.28. The first-order valence-electron chi connectivity index (χ1n) is 11.8. The molecule has 1 aromatic carbocycles. The Labute approximate surface area is 191 Å². The average molecular weight is 438 g/mol. The van der Waals surface area contributed by atoms with E-state index in [1.54, 1.807) is 4.68 Å². The Morgan fingerprint density at radius 3 is 2.56 bits per heavy atom. The molecular formula is C25H35N5O2. The van der Waals surface area contributed by atoms with E-state index in [0.29, 0.717) is 43.7 Å². The van der Waals surface area contributed by atoms with Crippen LogP contribution in [0.2, 0.25) is 0 Å². The van der Waals surface area contributed by atoms with E-state index in [2.05, 4.69) is 23.1 Å². The molecule has 1 fully saturated rings. The van der Waals surface area contributed by atoms with E-state index < -0.39 is 0 Å². The van der Waals surface area contributed by atoms with Gasteiger partial charge in [0.2, 0.25) is 5.91 Å². The van der Waals surface area contributed by atoms with Gasteiger partial charge in [-0.3, -0.25) is 19.2 Å². The third kappa shape index (κ3) is 4.44. The summed E-state index contributed by atoms with van der Waals surface area (Å²) in [5.41, 5.74) is 3.34. The van der Waals surface area contributed by atoms with Crippen LogP contribution in [-0.4, -0.2) is 63.6 Å². The first-order chi connectivity index (χ1) is 15.4. The summed E-state index contributed by atoms with van der Waals surface area (Å²) >= 11 is 0. The van der Waals surface area contributed by atoms with Crippen LogP contribution in [0.1, 0.15) is 60.6 Å². The number of fused-ring (bicyclic) bond motifs is 3. The molecule has 0 saturated carbocycles. The van der Waals surface area contributed by atoms with E-state index in [4.69, 9.17) is 0 Å². The number of nitrogens with zero attached hydrogens (tertiary/aromatic N) is 5. The number of hydrogen-bond donors (Lipinski definition) is 0. The molecule has 2 unspecified atom stereocenters. The monoisotopic (exact) mass is 437 g/mol. The Balaban J connectivity index is 1.77. The molecule has 7 heteroatoms. The smallest absolute Gasteiger partial charge is 0.257 e. The first kappa shape index (κ1) is 22.5. The van der Waals surface area contributed by atoms with Crippen LogP contribution >= 0.6 is 0 Å². The Bertz CT molecular complexity index is 984. The van der Waals surface area contributed by atoms with Crippen molar-refractivity contribution < 1.29 is 9.59 Å². The molecule has 172 valence electrons. The van der Waals surface area contributed by atoms with E-state index >= 15 is 0 Å². The van der Waals surface area contributed by atoms with E-state index in [-0.39, 0.29) is 11.8 Å². The molecule has 2 amide bonds. The van der Waals surface area contributed by atoms with Crippen LogP contribution in [-0.2, 0) is 18.4 Å². The van der Waals surface area contributed by atoms with Crippen LogP contribution in [0.4, 0.5) is 5.69 Å². The third-order valence-corrected chi connectivity index (χ3v) is 7.12. The molecule has 0 aliphatic carbocycles. The lowest BCUT2D eigenvalue weighted by Crippen LogP contribution is -2.50. The van der Waals surface area contributed by atoms with Crippen LogP contribution in [0.25, 0.3) is 0 Å². The zero-order chi connectivity index (χ0) is 22.8. The molecular weight excluding hydrogens is 402 g/mol. The molecule has 7 nitrogen and oxygen atoms in total. The summed E-state index contributed by atoms with van der Waals surface area (Å²) in [6.07, 6.45) is 6.61. The zero-order valence-corrected chi connectivity index (χ0v) is 19.8. The van der Waals surface area contributed by atoms with Gasteiger partial charge in [-0.2, -0.15) is 5.10 Å². The molecule has 2 bridgehead atoms. The lowest BCUT2D eigenvalue weighted by atomic mass is 9.93. The Morgan fingerprint density at radius 1 is 1.09 bits per heavy atom. The Morgan fingerprint density at radius 2 is 1.84 bits per heavy atom. The average Bonchev–Trinajstić information content (AvgIpc) is 3.12. The molecule has 3 heterocycles. The van der Waals surface area contributed by atoms with Gasteiger partial charge in [0, 0.05) is 57.1 Å². The summed E-state index contributed by atoms with van der Waals surface area (Å²) in [4.78, 5) is 33.0. The van der Waals surface area contributed by atoms with Crippen molar-refractivity contribution in [3.63, 3.8) is 0 Å². The number of rotatable bonds is 2. The standard InChI is InChI=1S/C25H35N5O2/c1-5-24(31)30-14-13-20-10-8-11-21(28(20)4)16-29(15-19-9-6-7-12-23(19)30)25(32)22-17-27(3)26-18(22)2/h6-7,9,12,17,20-21H,5,8,10-11,13-16H2,1-4H3. The van der Waals surface area contributed by atoms with Crippen molar-refractivity contribution in [2.75, 3.05) is 25.0 Å². The minimum absolute atomic E-state index is 0.00791. The molecule has 2 aliphatic rings. The molecule has 2 aromatic rings. The van der Waals surface area contributed by atoms with Crippen molar-refractivity contribution in [2.45, 2.75) is 64.6 Å². The quantitative estimate of drug-likeness (QED) is 0.723. The van der Waals surface area contributed by atoms with Gasteiger partial charge in [-0.05, 0) is 44.9 Å². The summed E-state index contributed by atoms with van der Waals surface area (Å²) in [6, 6.07) is 8.79. The van der Waals surface area contributed by atoms with E-state index in [1.807, 2.05) is 55.1 Å². The second-order valence-corrected chi connectivity index (χ2v) is 9.21. The van der Waals surface area contributed by atoms with Gasteiger partial charge in [0.1, 0.15) is 0 Å². The zero-order valence-electron chi connectivity index (χ0n) is 19.8. The molecule has 0 radical (unpaired) electrons. The number of carbonyl (C=O) groups is 2. The molecule has 4 rings (SSSR count). The number of aromatic nitrogens is 2. The van der Waals surface area contributed by atoms with Gasteiger partial charge >= 0.3 is 0 Å². The molecule has 2 aliphatic heterocycles. The highest BCUT2D eigenvalue weighted by Crippen LogP contribution is 2.30. The SMILES string of the molecule is CCC(=O)N1CCC2CCCC(CN(C(=O)c3cn(C)nc3C)Cc3ccccc31)N2C. The Hall–Kier alpha value is -2.67. The highest BCUT2D eigenvalue weighted by molar-refractivity contribution is 5.96. The number of likely N-dealkylation sites (N-methyl/N-ethyl adjacent to an activating group) is 1. The maximum atomic E-state index is 13.7. The van der Waals surface area contributed by atoms with Crippen molar-refractivity contribution in [3.05, 3.63) is 47.3 Å². The number of aryl methyl sites for hydroxylation is 2. The van der Waals surface area contributed by atoms with Gasteiger partial charge in [0.15, 0.2) is 0 Å². The normalized spacial score (nSPS) is 22.2.